The summed E-state index contributed by atoms with van der Waals surface area (Å²) in [4.78, 5) is 111. The zero-order valence-electron chi connectivity index (χ0n) is 39.0. The third kappa shape index (κ3) is 7.99. The number of hydrogen-bond acceptors (Lipinski definition) is 18. The summed E-state index contributed by atoms with van der Waals surface area (Å²) in [6.07, 6.45) is -8.50. The molecule has 0 amide bonds. The van der Waals surface area contributed by atoms with Gasteiger partial charge in [0.05, 0.1) is 30.6 Å². The Bertz CT molecular complexity index is 2690. The second-order valence-corrected chi connectivity index (χ2v) is 18.2. The number of para-hydroxylation sites is 1. The Kier molecular flexibility index (Phi) is 12.5. The van der Waals surface area contributed by atoms with Gasteiger partial charge < -0.3 is 47.4 Å². The number of benzene rings is 3. The van der Waals surface area contributed by atoms with E-state index < -0.39 is 112 Å². The SMILES string of the molecule is COc1ccccc1C(=O)Oc1ccc(/C=C/C(=O)O[C@H]2C[C@H]3OC[C@@]3(OC(C)=O)[C@H]3[C@H](OC(=O)c4ccccc4)[C@]45OC(=O)O[C@H]4[C@H](OC(C)=O)C(C)=C([C@@H](OC(C)=O)C(=O)[C@]23C)C5(C)C)cc1. The number of ether oxygens (including phenoxy) is 10. The maximum atomic E-state index is 16.1. The van der Waals surface area contributed by atoms with Crippen molar-refractivity contribution in [2.45, 2.75) is 103 Å². The number of esters is 6. The van der Waals surface area contributed by atoms with E-state index >= 15 is 4.79 Å². The quantitative estimate of drug-likeness (QED) is 0.0720. The fraction of sp³-hybridized carbons (Fsp3) is 0.412. The van der Waals surface area contributed by atoms with Crippen LogP contribution in [0.1, 0.15) is 81.2 Å². The van der Waals surface area contributed by atoms with Crippen molar-refractivity contribution in [2.75, 3.05) is 13.7 Å². The highest BCUT2D eigenvalue weighted by Crippen LogP contribution is 2.67. The molecule has 1 spiro atoms. The lowest BCUT2D eigenvalue weighted by molar-refractivity contribution is -0.346. The molecule has 362 valence electrons. The smallest absolute Gasteiger partial charge is 0.496 e. The molecule has 0 unspecified atom stereocenters. The molecule has 3 aromatic rings. The molecule has 0 aromatic heterocycles. The summed E-state index contributed by atoms with van der Waals surface area (Å²) in [6, 6.07) is 20.5. The highest BCUT2D eigenvalue weighted by Gasteiger charge is 2.83. The van der Waals surface area contributed by atoms with Crippen molar-refractivity contribution in [1.82, 2.24) is 0 Å². The minimum absolute atomic E-state index is 0.0273. The number of carbonyl (C=O) groups is 8. The molecule has 18 heteroatoms. The topological polar surface area (TPSA) is 229 Å². The minimum atomic E-state index is -2.28. The molecule has 3 aliphatic carbocycles. The predicted molar refractivity (Wildman–Crippen MR) is 236 cm³/mol. The average molecular weight is 951 g/mol. The van der Waals surface area contributed by atoms with Crippen LogP contribution in [0.5, 0.6) is 11.5 Å². The molecule has 2 saturated carbocycles. The van der Waals surface area contributed by atoms with E-state index in [4.69, 9.17) is 47.4 Å². The molecule has 2 heterocycles. The van der Waals surface area contributed by atoms with Crippen LogP contribution in [-0.4, -0.2) is 109 Å². The second-order valence-electron chi connectivity index (χ2n) is 18.2. The number of ketones is 1. The lowest BCUT2D eigenvalue weighted by Gasteiger charge is -2.67. The molecule has 2 aliphatic heterocycles. The van der Waals surface area contributed by atoms with Crippen LogP contribution in [0.15, 0.2) is 96.1 Å². The molecule has 0 radical (unpaired) electrons. The molecule has 3 aromatic carbocycles. The second kappa shape index (κ2) is 18.0. The standard InChI is InChI=1S/C51H50O18/c1-26-38-40(63-28(3)53)42(56)49(7)35(65-37(55)23-20-30-18-21-32(22-19-30)64-46(58)33-16-12-13-17-34(33)60-8)24-36-50(25-61-36,68-29(4)54)41(49)44(66-45(57)31-14-10-9-11-15-31)51(48(38,5)6)43(67-47(59)69-51)39(26)62-27(2)52/h9-23,35-36,39-41,43-44H,24-25H2,1-8H3/b23-20+/t35-,36+,39+,40+,41-,43-,44-,49+,50-,51+/m0/s1. The van der Waals surface area contributed by atoms with Crippen LogP contribution in [0, 0.1) is 16.7 Å². The fourth-order valence-corrected chi connectivity index (χ4v) is 11.1. The van der Waals surface area contributed by atoms with Crippen LogP contribution >= 0.6 is 0 Å². The summed E-state index contributed by atoms with van der Waals surface area (Å²) in [7, 11) is 1.43. The zero-order chi connectivity index (χ0) is 49.8. The number of fused-ring (bicyclic) bond motifs is 4. The highest BCUT2D eigenvalue weighted by molar-refractivity contribution is 5.97. The molecule has 2 saturated heterocycles. The van der Waals surface area contributed by atoms with Gasteiger partial charge in [0.25, 0.3) is 0 Å². The Balaban J connectivity index is 1.26. The van der Waals surface area contributed by atoms with E-state index in [-0.39, 0.29) is 41.1 Å². The van der Waals surface area contributed by atoms with Gasteiger partial charge >= 0.3 is 42.0 Å². The van der Waals surface area contributed by atoms with Crippen LogP contribution in [0.25, 0.3) is 6.08 Å². The van der Waals surface area contributed by atoms with E-state index in [9.17, 15) is 33.6 Å². The van der Waals surface area contributed by atoms with E-state index in [2.05, 4.69) is 0 Å². The lowest BCUT2D eigenvalue weighted by Crippen LogP contribution is -2.83. The van der Waals surface area contributed by atoms with Crippen LogP contribution < -0.4 is 9.47 Å². The lowest BCUT2D eigenvalue weighted by atomic mass is 9.44. The van der Waals surface area contributed by atoms with Gasteiger partial charge in [0, 0.05) is 38.7 Å². The van der Waals surface area contributed by atoms with Gasteiger partial charge in [-0.25, -0.2) is 19.2 Å². The van der Waals surface area contributed by atoms with Gasteiger partial charge in [-0.05, 0) is 73.0 Å². The fourth-order valence-electron chi connectivity index (χ4n) is 11.1. The van der Waals surface area contributed by atoms with E-state index in [0.717, 1.165) is 26.8 Å². The molecule has 69 heavy (non-hydrogen) atoms. The first-order valence-corrected chi connectivity index (χ1v) is 22.1. The first-order valence-electron chi connectivity index (χ1n) is 22.1. The molecule has 10 atom stereocenters. The van der Waals surface area contributed by atoms with Gasteiger partial charge in [0.1, 0.15) is 29.3 Å². The molecule has 18 nitrogen and oxygen atoms in total. The van der Waals surface area contributed by atoms with E-state index in [1.165, 1.54) is 51.3 Å². The summed E-state index contributed by atoms with van der Waals surface area (Å²) < 4.78 is 60.0. The van der Waals surface area contributed by atoms with Crippen molar-refractivity contribution in [2.24, 2.45) is 16.7 Å². The number of hydrogen-bond donors (Lipinski definition) is 0. The van der Waals surface area contributed by atoms with Gasteiger partial charge in [-0.15, -0.1) is 0 Å². The number of Topliss-reactive ketones (excluding diaryl/α,β-unsaturated/α-hetero) is 1. The maximum Gasteiger partial charge on any atom is 0.509 e. The average Bonchev–Trinajstić information content (AvgIpc) is 3.67. The monoisotopic (exact) mass is 950 g/mol. The number of methoxy groups -OCH3 is 1. The maximum absolute atomic E-state index is 16.1. The summed E-state index contributed by atoms with van der Waals surface area (Å²) in [5.74, 6) is -7.13. The Morgan fingerprint density at radius 2 is 1.43 bits per heavy atom. The Morgan fingerprint density at radius 1 is 0.768 bits per heavy atom. The van der Waals surface area contributed by atoms with Gasteiger partial charge in [-0.1, -0.05) is 56.3 Å². The Hall–Kier alpha value is -7.34. The van der Waals surface area contributed by atoms with Crippen molar-refractivity contribution in [3.05, 3.63) is 113 Å². The Morgan fingerprint density at radius 3 is 2.06 bits per heavy atom. The van der Waals surface area contributed by atoms with Crippen LogP contribution in [0.2, 0.25) is 0 Å². The third-order valence-electron chi connectivity index (χ3n) is 14.0. The van der Waals surface area contributed by atoms with Crippen molar-refractivity contribution in [1.29, 1.82) is 0 Å². The Labute approximate surface area is 396 Å². The summed E-state index contributed by atoms with van der Waals surface area (Å²) in [5.41, 5.74) is -7.10. The van der Waals surface area contributed by atoms with Crippen molar-refractivity contribution >= 4 is 53.8 Å². The number of carbonyl (C=O) groups excluding carboxylic acids is 8. The van der Waals surface area contributed by atoms with Crippen LogP contribution in [0.3, 0.4) is 0 Å². The van der Waals surface area contributed by atoms with Crippen LogP contribution in [-0.2, 0) is 61.9 Å². The molecular formula is C51H50O18. The molecule has 2 bridgehead atoms. The molecular weight excluding hydrogens is 901 g/mol. The molecule has 4 fully saturated rings. The highest BCUT2D eigenvalue weighted by atomic mass is 16.8. The third-order valence-corrected chi connectivity index (χ3v) is 14.0. The molecule has 8 rings (SSSR count). The summed E-state index contributed by atoms with van der Waals surface area (Å²) in [5, 5.41) is 0. The van der Waals surface area contributed by atoms with Gasteiger partial charge in [0.15, 0.2) is 35.8 Å². The minimum Gasteiger partial charge on any atom is -0.496 e. The first-order chi connectivity index (χ1) is 32.7. The van der Waals surface area contributed by atoms with E-state index in [1.807, 2.05) is 0 Å². The molecule has 0 N–H and O–H groups in total. The molecule has 5 aliphatic rings. The van der Waals surface area contributed by atoms with Gasteiger partial charge in [0.2, 0.25) is 5.60 Å². The zero-order valence-corrected chi connectivity index (χ0v) is 39.0. The predicted octanol–water partition coefficient (Wildman–Crippen LogP) is 5.87. The van der Waals surface area contributed by atoms with Gasteiger partial charge in [-0.3, -0.25) is 19.2 Å². The van der Waals surface area contributed by atoms with Crippen molar-refractivity contribution in [3.8, 4) is 11.5 Å². The normalized spacial score (nSPS) is 30.5. The summed E-state index contributed by atoms with van der Waals surface area (Å²) >= 11 is 0. The van der Waals surface area contributed by atoms with Gasteiger partial charge in [-0.2, -0.15) is 0 Å². The van der Waals surface area contributed by atoms with Crippen molar-refractivity contribution in [3.63, 3.8) is 0 Å². The van der Waals surface area contributed by atoms with E-state index in [1.54, 1.807) is 68.4 Å². The first kappa shape index (κ1) is 48.1. The van der Waals surface area contributed by atoms with Crippen LogP contribution in [0.4, 0.5) is 4.79 Å². The largest absolute Gasteiger partial charge is 0.509 e. The number of rotatable bonds is 11. The summed E-state index contributed by atoms with van der Waals surface area (Å²) in [6.45, 7) is 9.06. The van der Waals surface area contributed by atoms with E-state index in [0.29, 0.717) is 11.3 Å². The van der Waals surface area contributed by atoms with Crippen molar-refractivity contribution < 1.29 is 85.7 Å².